The molecule has 0 saturated carbocycles. The van der Waals surface area contributed by atoms with E-state index in [-0.39, 0.29) is 43.1 Å². The summed E-state index contributed by atoms with van der Waals surface area (Å²) < 4.78 is 27.8. The maximum atomic E-state index is 14.8. The molecule has 10 rings (SSSR count). The third-order valence-electron chi connectivity index (χ3n) is 12.5. The summed E-state index contributed by atoms with van der Waals surface area (Å²) in [7, 11) is 0. The first-order valence-electron chi connectivity index (χ1n) is 22.6. The summed E-state index contributed by atoms with van der Waals surface area (Å²) in [4.78, 5) is 4.80. The molecule has 0 aliphatic carbocycles. The van der Waals surface area contributed by atoms with Crippen LogP contribution in [0.1, 0.15) is 79.0 Å². The van der Waals surface area contributed by atoms with Crippen molar-refractivity contribution >= 4 is 50.6 Å². The minimum atomic E-state index is -0.301. The van der Waals surface area contributed by atoms with Crippen LogP contribution in [0.2, 0.25) is 0 Å². The molecule has 0 saturated heterocycles. The molecule has 334 valence electrons. The summed E-state index contributed by atoms with van der Waals surface area (Å²) >= 11 is 0. The molecule has 67 heavy (non-hydrogen) atoms. The van der Waals surface area contributed by atoms with Gasteiger partial charge in [0, 0.05) is 41.4 Å². The van der Waals surface area contributed by atoms with Crippen molar-refractivity contribution in [3.8, 4) is 39.6 Å². The monoisotopic (exact) mass is 1060 g/mol. The van der Waals surface area contributed by atoms with Gasteiger partial charge in [0.25, 0.3) is 5.69 Å². The normalized spacial score (nSPS) is 12.7. The van der Waals surface area contributed by atoms with Gasteiger partial charge in [-0.05, 0) is 102 Å². The predicted octanol–water partition coefficient (Wildman–Crippen LogP) is 15.8. The standard InChI is InChI=1S/C60H53FN4O.Pt/c1-58(2,3)42-28-29-62-56(34-42)65-53-27-24-45(61)35-52(53)51-26-25-49(37-55(51)65)66-48-21-14-20-46(36-48)63-38-64(47-32-43(59(4,5)6)31-44(33-47)60(7,8)9)57-50(22-15-23-54(57)63)41-19-13-18-40(30-41)39-16-11-10-12-17-39;/h10-35H,1-9H3;/q;+2. The number of hydrogen-bond donors (Lipinski definition) is 0. The zero-order chi connectivity index (χ0) is 46.1. The van der Waals surface area contributed by atoms with Gasteiger partial charge in [-0.15, -0.1) is 23.6 Å². The van der Waals surface area contributed by atoms with Crippen LogP contribution in [0.3, 0.4) is 0 Å². The Labute approximate surface area is 407 Å². The van der Waals surface area contributed by atoms with E-state index in [0.29, 0.717) is 11.5 Å². The number of rotatable bonds is 7. The summed E-state index contributed by atoms with van der Waals surface area (Å²) in [5.41, 5.74) is 13.3. The van der Waals surface area contributed by atoms with E-state index in [4.69, 9.17) is 9.72 Å². The predicted molar refractivity (Wildman–Crippen MR) is 270 cm³/mol. The smallest absolute Gasteiger partial charge is 0.509 e. The minimum Gasteiger partial charge on any atom is -0.509 e. The number of benzene rings is 7. The number of nitrogens with zero attached hydrogens (tertiary/aromatic N) is 4. The number of para-hydroxylation sites is 1. The molecule has 0 spiro atoms. The second kappa shape index (κ2) is 17.2. The summed E-state index contributed by atoms with van der Waals surface area (Å²) in [5, 5.41) is 1.63. The van der Waals surface area contributed by atoms with Crippen molar-refractivity contribution in [1.29, 1.82) is 0 Å². The van der Waals surface area contributed by atoms with Crippen molar-refractivity contribution < 1.29 is 30.2 Å². The van der Waals surface area contributed by atoms with Crippen LogP contribution in [0.25, 0.3) is 49.9 Å². The maximum absolute atomic E-state index is 14.8. The van der Waals surface area contributed by atoms with Crippen molar-refractivity contribution in [1.82, 2.24) is 18.7 Å². The molecule has 0 radical (unpaired) electrons. The van der Waals surface area contributed by atoms with E-state index in [1.54, 1.807) is 12.1 Å². The van der Waals surface area contributed by atoms with Crippen LogP contribution in [0.4, 0.5) is 27.1 Å². The van der Waals surface area contributed by atoms with Gasteiger partial charge in [0.15, 0.2) is 0 Å². The number of hydrogen-bond acceptors (Lipinski definition) is 2. The molecular weight excluding hydrogens is 1010 g/mol. The molecule has 0 bridgehead atoms. The van der Waals surface area contributed by atoms with Crippen LogP contribution in [0.15, 0.2) is 158 Å². The van der Waals surface area contributed by atoms with Gasteiger partial charge in [-0.1, -0.05) is 145 Å². The Hall–Kier alpha value is -6.71. The van der Waals surface area contributed by atoms with Gasteiger partial charge in [0.1, 0.15) is 17.3 Å². The molecule has 2 aromatic heterocycles. The second-order valence-electron chi connectivity index (χ2n) is 20.4. The van der Waals surface area contributed by atoms with Crippen molar-refractivity contribution in [3.05, 3.63) is 192 Å². The first kappa shape index (κ1) is 45.4. The van der Waals surface area contributed by atoms with Crippen molar-refractivity contribution in [3.63, 3.8) is 0 Å². The summed E-state index contributed by atoms with van der Waals surface area (Å²) in [6, 6.07) is 62.5. The molecule has 5 nitrogen and oxygen atoms in total. The van der Waals surface area contributed by atoms with Crippen LogP contribution >= 0.6 is 0 Å². The number of ether oxygens (including phenoxy) is 1. The van der Waals surface area contributed by atoms with E-state index >= 15 is 0 Å². The average Bonchev–Trinajstić information content (AvgIpc) is 3.84. The first-order chi connectivity index (χ1) is 31.5. The third-order valence-corrected chi connectivity index (χ3v) is 12.5. The van der Waals surface area contributed by atoms with Crippen LogP contribution in [0.5, 0.6) is 11.5 Å². The number of fused-ring (bicyclic) bond motifs is 4. The Bertz CT molecular complexity index is 3420. The Morgan fingerprint density at radius 1 is 0.567 bits per heavy atom. The van der Waals surface area contributed by atoms with Gasteiger partial charge in [0.2, 0.25) is 5.69 Å². The van der Waals surface area contributed by atoms with Gasteiger partial charge in [-0.25, -0.2) is 9.37 Å². The average molecular weight is 1060 g/mol. The van der Waals surface area contributed by atoms with Crippen LogP contribution in [0, 0.1) is 17.9 Å². The molecule has 1 aliphatic rings. The van der Waals surface area contributed by atoms with Crippen LogP contribution in [-0.2, 0) is 37.3 Å². The SMILES string of the molecule is CC(C)(C)c1cc([N+]2=C=[N+](c3[c-]c(Oc4[c-]c5c(cc4)c4cc(F)ccc4n5-c4cc(C(C)(C)C)ccn4)ccc3)c3cccc(-c4cccc(-c5ccccc5)c4)c32)cc(C(C)(C)C)c1.[Pt+2]. The summed E-state index contributed by atoms with van der Waals surface area (Å²) in [6.07, 6.45) is 1.83. The topological polar surface area (TPSA) is 33.1 Å². The van der Waals surface area contributed by atoms with Gasteiger partial charge < -0.3 is 9.30 Å². The van der Waals surface area contributed by atoms with Gasteiger partial charge >= 0.3 is 32.8 Å². The van der Waals surface area contributed by atoms with E-state index in [0.717, 1.165) is 72.6 Å². The zero-order valence-electron chi connectivity index (χ0n) is 39.4. The Kier molecular flexibility index (Phi) is 11.7. The molecule has 7 aromatic carbocycles. The van der Waals surface area contributed by atoms with Gasteiger partial charge in [-0.2, -0.15) is 12.1 Å². The van der Waals surface area contributed by atoms with Crippen molar-refractivity contribution in [2.75, 3.05) is 0 Å². The molecule has 0 amide bonds. The largest absolute Gasteiger partial charge is 2.00 e. The van der Waals surface area contributed by atoms with E-state index in [2.05, 4.69) is 187 Å². The maximum Gasteiger partial charge on any atom is 2.00 e. The Balaban J connectivity index is 0.00000562. The molecule has 7 heteroatoms. The summed E-state index contributed by atoms with van der Waals surface area (Å²) in [6.45, 7) is 20.2. The third kappa shape index (κ3) is 8.73. The molecule has 0 N–H and O–H groups in total. The number of aromatic nitrogens is 2. The molecule has 1 aliphatic heterocycles. The van der Waals surface area contributed by atoms with Crippen molar-refractivity contribution in [2.45, 2.75) is 78.6 Å². The number of halogens is 1. The van der Waals surface area contributed by atoms with E-state index < -0.39 is 0 Å². The first-order valence-corrected chi connectivity index (χ1v) is 22.6. The molecule has 0 unspecified atom stereocenters. The Morgan fingerprint density at radius 2 is 1.24 bits per heavy atom. The molecule has 0 atom stereocenters. The van der Waals surface area contributed by atoms with Crippen molar-refractivity contribution in [2.24, 2.45) is 0 Å². The van der Waals surface area contributed by atoms with Gasteiger partial charge in [-0.3, -0.25) is 0 Å². The van der Waals surface area contributed by atoms with E-state index in [1.807, 2.05) is 47.2 Å². The minimum absolute atomic E-state index is 0. The fourth-order valence-corrected chi connectivity index (χ4v) is 8.80. The fourth-order valence-electron chi connectivity index (χ4n) is 8.80. The zero-order valence-corrected chi connectivity index (χ0v) is 41.7. The second-order valence-corrected chi connectivity index (χ2v) is 20.4. The molecule has 3 heterocycles. The molecular formula is C60H53FN4OPt+2. The molecule has 0 fully saturated rings. The van der Waals surface area contributed by atoms with E-state index in [1.165, 1.54) is 22.8 Å². The van der Waals surface area contributed by atoms with E-state index in [9.17, 15) is 4.39 Å². The summed E-state index contributed by atoms with van der Waals surface area (Å²) in [5.74, 6) is 1.44. The molecule has 9 aromatic rings. The number of pyridine rings is 1. The van der Waals surface area contributed by atoms with Gasteiger partial charge in [0.05, 0.1) is 5.56 Å². The Morgan fingerprint density at radius 3 is 1.97 bits per heavy atom. The van der Waals surface area contributed by atoms with Crippen LogP contribution < -0.4 is 13.9 Å². The fraction of sp³-hybridized carbons (Fsp3) is 0.200. The van der Waals surface area contributed by atoms with Crippen LogP contribution in [-0.4, -0.2) is 15.6 Å². The quantitative estimate of drug-likeness (QED) is 0.118.